The first-order valence-corrected chi connectivity index (χ1v) is 10.2. The number of hydrogen-bond donors (Lipinski definition) is 0. The minimum Gasteiger partial charge on any atom is -0.312 e. The quantitative estimate of drug-likeness (QED) is 0.813. The second-order valence-electron chi connectivity index (χ2n) is 6.92. The number of hydroxylamine groups is 1. The second-order valence-corrected chi connectivity index (χ2v) is 8.75. The van der Waals surface area contributed by atoms with Crippen LogP contribution in [0.4, 0.5) is 5.69 Å². The van der Waals surface area contributed by atoms with E-state index in [0.29, 0.717) is 0 Å². The van der Waals surface area contributed by atoms with Gasteiger partial charge < -0.3 is 4.90 Å². The first-order chi connectivity index (χ1) is 12.5. The Morgan fingerprint density at radius 3 is 2.62 bits per heavy atom. The molecule has 0 atom stereocenters. The predicted molar refractivity (Wildman–Crippen MR) is 94.8 cm³/mol. The average Bonchev–Trinajstić information content (AvgIpc) is 2.98. The monoisotopic (exact) mass is 370 g/mol. The number of anilines is 1. The van der Waals surface area contributed by atoms with Crippen molar-refractivity contribution in [3.8, 4) is 0 Å². The SMILES string of the molecule is O=C1Cc2cc(S(=O)(=O)N3Cc4ccccc4CO3)cc3c2N1CCC3. The van der Waals surface area contributed by atoms with Gasteiger partial charge in [0.1, 0.15) is 0 Å². The van der Waals surface area contributed by atoms with Gasteiger partial charge in [-0.15, -0.1) is 0 Å². The number of carbonyl (C=O) groups is 1. The number of aryl methyl sites for hydroxylation is 1. The summed E-state index contributed by atoms with van der Waals surface area (Å²) in [5.74, 6) is 0.0543. The molecule has 0 unspecified atom stereocenters. The number of nitrogens with zero attached hydrogens (tertiary/aromatic N) is 2. The molecule has 7 heteroatoms. The van der Waals surface area contributed by atoms with Crippen molar-refractivity contribution < 1.29 is 18.0 Å². The predicted octanol–water partition coefficient (Wildman–Crippen LogP) is 2.16. The lowest BCUT2D eigenvalue weighted by molar-refractivity contribution is -0.117. The summed E-state index contributed by atoms with van der Waals surface area (Å²) >= 11 is 0. The minimum absolute atomic E-state index is 0.0543. The number of hydrogen-bond acceptors (Lipinski definition) is 4. The van der Waals surface area contributed by atoms with Crippen molar-refractivity contribution in [3.63, 3.8) is 0 Å². The Bertz CT molecular complexity index is 1030. The van der Waals surface area contributed by atoms with E-state index in [1.54, 1.807) is 17.0 Å². The number of fused-ring (bicyclic) bond motifs is 1. The van der Waals surface area contributed by atoms with Crippen molar-refractivity contribution in [2.24, 2.45) is 0 Å². The maximum atomic E-state index is 13.1. The molecule has 0 bridgehead atoms. The molecular formula is C19H18N2O4S. The van der Waals surface area contributed by atoms with Gasteiger partial charge in [0, 0.05) is 6.54 Å². The van der Waals surface area contributed by atoms with Crippen molar-refractivity contribution in [3.05, 3.63) is 58.7 Å². The molecule has 0 aliphatic carbocycles. The van der Waals surface area contributed by atoms with Crippen LogP contribution in [-0.4, -0.2) is 25.3 Å². The third kappa shape index (κ3) is 2.31. The van der Waals surface area contributed by atoms with Crippen molar-refractivity contribution in [2.45, 2.75) is 37.3 Å². The highest BCUT2D eigenvalue weighted by molar-refractivity contribution is 7.89. The van der Waals surface area contributed by atoms with Crippen LogP contribution in [0, 0.1) is 0 Å². The number of benzene rings is 2. The van der Waals surface area contributed by atoms with Crippen LogP contribution in [-0.2, 0) is 45.6 Å². The van der Waals surface area contributed by atoms with Crippen molar-refractivity contribution >= 4 is 21.6 Å². The van der Waals surface area contributed by atoms with Gasteiger partial charge in [0.15, 0.2) is 0 Å². The fraction of sp³-hybridized carbons (Fsp3) is 0.316. The fourth-order valence-electron chi connectivity index (χ4n) is 4.05. The van der Waals surface area contributed by atoms with Crippen molar-refractivity contribution in [1.29, 1.82) is 0 Å². The van der Waals surface area contributed by atoms with Crippen LogP contribution in [0.15, 0.2) is 41.3 Å². The summed E-state index contributed by atoms with van der Waals surface area (Å²) in [6.45, 7) is 1.15. The van der Waals surface area contributed by atoms with E-state index in [1.807, 2.05) is 24.3 Å². The number of rotatable bonds is 2. The Hall–Kier alpha value is -2.22. The maximum absolute atomic E-state index is 13.1. The van der Waals surface area contributed by atoms with Gasteiger partial charge in [-0.25, -0.2) is 8.42 Å². The number of sulfonamides is 1. The molecule has 3 aliphatic rings. The molecule has 0 saturated carbocycles. The van der Waals surface area contributed by atoms with E-state index in [9.17, 15) is 13.2 Å². The Kier molecular flexibility index (Phi) is 3.47. The number of carbonyl (C=O) groups excluding carboxylic acids is 1. The number of amides is 1. The largest absolute Gasteiger partial charge is 0.312 e. The molecule has 3 aliphatic heterocycles. The molecular weight excluding hydrogens is 352 g/mol. The van der Waals surface area contributed by atoms with E-state index in [2.05, 4.69) is 0 Å². The molecule has 0 aromatic heterocycles. The average molecular weight is 370 g/mol. The van der Waals surface area contributed by atoms with Crippen LogP contribution >= 0.6 is 0 Å². The van der Waals surface area contributed by atoms with Crippen LogP contribution in [0.1, 0.15) is 28.7 Å². The van der Waals surface area contributed by atoms with Crippen molar-refractivity contribution in [1.82, 2.24) is 4.47 Å². The summed E-state index contributed by atoms with van der Waals surface area (Å²) < 4.78 is 27.4. The summed E-state index contributed by atoms with van der Waals surface area (Å²) in [5, 5.41) is 0. The lowest BCUT2D eigenvalue weighted by Crippen LogP contribution is -2.34. The van der Waals surface area contributed by atoms with Gasteiger partial charge >= 0.3 is 0 Å². The van der Waals surface area contributed by atoms with Gasteiger partial charge in [-0.1, -0.05) is 28.7 Å². The molecule has 2 aromatic rings. The van der Waals surface area contributed by atoms with Crippen LogP contribution in [0.2, 0.25) is 0 Å². The van der Waals surface area contributed by atoms with Crippen LogP contribution in [0.25, 0.3) is 0 Å². The molecule has 0 fully saturated rings. The molecule has 5 rings (SSSR count). The molecule has 0 spiro atoms. The van der Waals surface area contributed by atoms with Gasteiger partial charge in [0.05, 0.1) is 30.2 Å². The maximum Gasteiger partial charge on any atom is 0.265 e. The smallest absolute Gasteiger partial charge is 0.265 e. The summed E-state index contributed by atoms with van der Waals surface area (Å²) in [7, 11) is -3.79. The molecule has 1 amide bonds. The van der Waals surface area contributed by atoms with Crippen LogP contribution in [0.3, 0.4) is 0 Å². The standard InChI is InChI=1S/C19H18N2O4S/c22-18-10-16-9-17(8-13-6-3-7-20(18)19(13)16)26(23,24)21-11-14-4-1-2-5-15(14)12-25-21/h1-2,4-5,8-9H,3,6-7,10-12H2. The van der Waals surface area contributed by atoms with Crippen molar-refractivity contribution in [2.75, 3.05) is 11.4 Å². The highest BCUT2D eigenvalue weighted by atomic mass is 32.2. The normalized spacial score (nSPS) is 19.4. The minimum atomic E-state index is -3.79. The Morgan fingerprint density at radius 1 is 1.00 bits per heavy atom. The Balaban J connectivity index is 1.54. The van der Waals surface area contributed by atoms with E-state index < -0.39 is 10.0 Å². The summed E-state index contributed by atoms with van der Waals surface area (Å²) in [5.41, 5.74) is 4.62. The molecule has 6 nitrogen and oxygen atoms in total. The second kappa shape index (κ2) is 5.64. The molecule has 26 heavy (non-hydrogen) atoms. The summed E-state index contributed by atoms with van der Waals surface area (Å²) in [6, 6.07) is 11.0. The molecule has 134 valence electrons. The van der Waals surface area contributed by atoms with Gasteiger partial charge in [-0.05, 0) is 47.2 Å². The zero-order valence-corrected chi connectivity index (χ0v) is 15.0. The first kappa shape index (κ1) is 16.0. The highest BCUT2D eigenvalue weighted by Crippen LogP contribution is 2.39. The first-order valence-electron chi connectivity index (χ1n) is 8.72. The molecule has 0 N–H and O–H groups in total. The van der Waals surface area contributed by atoms with Gasteiger partial charge in [0.25, 0.3) is 10.0 Å². The Labute approximate surface area is 152 Å². The van der Waals surface area contributed by atoms with Gasteiger partial charge in [-0.3, -0.25) is 9.63 Å². The molecule has 2 aromatic carbocycles. The topological polar surface area (TPSA) is 66.9 Å². The Morgan fingerprint density at radius 2 is 1.77 bits per heavy atom. The summed E-state index contributed by atoms with van der Waals surface area (Å²) in [4.78, 5) is 19.7. The zero-order valence-electron chi connectivity index (χ0n) is 14.1. The molecule has 3 heterocycles. The molecule has 0 saturated heterocycles. The lowest BCUT2D eigenvalue weighted by atomic mass is 10.0. The zero-order chi connectivity index (χ0) is 17.9. The van der Waals surface area contributed by atoms with E-state index in [1.165, 1.54) is 0 Å². The fourth-order valence-corrected chi connectivity index (χ4v) is 5.36. The third-order valence-corrected chi connectivity index (χ3v) is 6.93. The van der Waals surface area contributed by atoms with E-state index in [0.717, 1.165) is 51.8 Å². The van der Waals surface area contributed by atoms with Gasteiger partial charge in [0.2, 0.25) is 5.91 Å². The summed E-state index contributed by atoms with van der Waals surface area (Å²) in [6.07, 6.45) is 1.92. The van der Waals surface area contributed by atoms with Crippen LogP contribution in [0.5, 0.6) is 0 Å². The third-order valence-electron chi connectivity index (χ3n) is 5.33. The lowest BCUT2D eigenvalue weighted by Gasteiger charge is -2.29. The van der Waals surface area contributed by atoms with Gasteiger partial charge in [-0.2, -0.15) is 0 Å². The van der Waals surface area contributed by atoms with E-state index in [-0.39, 0.29) is 30.4 Å². The van der Waals surface area contributed by atoms with Crippen LogP contribution < -0.4 is 4.90 Å². The van der Waals surface area contributed by atoms with E-state index >= 15 is 0 Å². The van der Waals surface area contributed by atoms with E-state index in [4.69, 9.17) is 4.84 Å². The molecule has 0 radical (unpaired) electrons. The highest BCUT2D eigenvalue weighted by Gasteiger charge is 2.36.